The maximum Gasteiger partial charge on any atom is 0.269 e. The molecular weight excluding hydrogens is 456 g/mol. The molecule has 0 spiro atoms. The van der Waals surface area contributed by atoms with Crippen LogP contribution in [0.2, 0.25) is 0 Å². The van der Waals surface area contributed by atoms with E-state index in [9.17, 15) is 9.59 Å². The van der Waals surface area contributed by atoms with Crippen molar-refractivity contribution in [2.45, 2.75) is 18.4 Å². The number of rotatable bonds is 4. The summed E-state index contributed by atoms with van der Waals surface area (Å²) in [5, 5.41) is 4.21. The lowest BCUT2D eigenvalue weighted by molar-refractivity contribution is -0.122. The number of para-hydroxylation sites is 1. The van der Waals surface area contributed by atoms with Gasteiger partial charge in [-0.2, -0.15) is 0 Å². The smallest absolute Gasteiger partial charge is 0.269 e. The quantitative estimate of drug-likeness (QED) is 0.507. The predicted octanol–water partition coefficient (Wildman–Crippen LogP) is 5.41. The van der Waals surface area contributed by atoms with Crippen LogP contribution in [-0.4, -0.2) is 28.9 Å². The Morgan fingerprint density at radius 1 is 1.06 bits per heavy atom. The monoisotopic (exact) mass is 476 g/mol. The second-order valence-corrected chi connectivity index (χ2v) is 9.47. The average Bonchev–Trinajstić information content (AvgIpc) is 3.50. The third-order valence-electron chi connectivity index (χ3n) is 5.10. The number of furan rings is 1. The molecule has 2 aliphatic heterocycles. The molecule has 0 bridgehead atoms. The van der Waals surface area contributed by atoms with Crippen molar-refractivity contribution < 1.29 is 14.0 Å². The van der Waals surface area contributed by atoms with Gasteiger partial charge in [-0.1, -0.05) is 23.9 Å². The Kier molecular flexibility index (Phi) is 5.74. The number of hydrogen-bond acceptors (Lipinski definition) is 7. The maximum absolute atomic E-state index is 13.5. The number of fused-ring (bicyclic) bond motifs is 1. The third kappa shape index (κ3) is 4.29. The first kappa shape index (κ1) is 21.4. The molecule has 7 nitrogen and oxygen atoms in total. The Labute approximate surface area is 199 Å². The van der Waals surface area contributed by atoms with Crippen molar-refractivity contribution in [2.75, 3.05) is 17.3 Å². The second kappa shape index (κ2) is 8.84. The number of hydrogen-bond donors (Lipinski definition) is 1. The van der Waals surface area contributed by atoms with Crippen LogP contribution in [0.3, 0.4) is 0 Å². The van der Waals surface area contributed by atoms with Crippen LogP contribution in [0.4, 0.5) is 17.1 Å². The Balaban J connectivity index is 1.50. The summed E-state index contributed by atoms with van der Waals surface area (Å²) >= 11 is 2.95. The van der Waals surface area contributed by atoms with E-state index >= 15 is 0 Å². The minimum absolute atomic E-state index is 0.104. The largest absolute Gasteiger partial charge is 0.467 e. The molecule has 2 amide bonds. The highest BCUT2D eigenvalue weighted by molar-refractivity contribution is 8.19. The van der Waals surface area contributed by atoms with E-state index < -0.39 is 0 Å². The van der Waals surface area contributed by atoms with Crippen molar-refractivity contribution in [3.63, 3.8) is 0 Å². The molecule has 0 aliphatic carbocycles. The van der Waals surface area contributed by atoms with E-state index in [2.05, 4.69) is 16.3 Å². The first-order chi connectivity index (χ1) is 16.0. The molecule has 1 aromatic heterocycles. The topological polar surface area (TPSA) is 78.2 Å². The van der Waals surface area contributed by atoms with E-state index in [1.54, 1.807) is 41.1 Å². The van der Waals surface area contributed by atoms with Gasteiger partial charge in [0.05, 0.1) is 29.2 Å². The Hall–Kier alpha value is -3.43. The molecule has 9 heteroatoms. The summed E-state index contributed by atoms with van der Waals surface area (Å²) in [4.78, 5) is 35.0. The zero-order chi connectivity index (χ0) is 22.9. The molecule has 0 unspecified atom stereocenters. The molecule has 0 saturated carbocycles. The molecule has 1 fully saturated rings. The van der Waals surface area contributed by atoms with E-state index in [1.165, 1.54) is 18.7 Å². The number of nitrogens with one attached hydrogen (secondary N) is 1. The van der Waals surface area contributed by atoms with Crippen molar-refractivity contribution in [2.24, 2.45) is 4.99 Å². The van der Waals surface area contributed by atoms with Crippen LogP contribution in [0.25, 0.3) is 0 Å². The number of thioether (sulfide) groups is 2. The number of benzene rings is 2. The van der Waals surface area contributed by atoms with Crippen molar-refractivity contribution in [3.8, 4) is 0 Å². The van der Waals surface area contributed by atoms with Gasteiger partial charge < -0.3 is 14.6 Å². The van der Waals surface area contributed by atoms with Gasteiger partial charge in [0.2, 0.25) is 5.91 Å². The highest BCUT2D eigenvalue weighted by atomic mass is 32.2. The lowest BCUT2D eigenvalue weighted by Gasteiger charge is -2.15. The van der Waals surface area contributed by atoms with Crippen LogP contribution in [-0.2, 0) is 16.1 Å². The Morgan fingerprint density at radius 3 is 2.55 bits per heavy atom. The van der Waals surface area contributed by atoms with Gasteiger partial charge in [0.1, 0.15) is 10.7 Å². The molecule has 2 aromatic carbocycles. The Bertz CT molecular complexity index is 1280. The number of nitrogens with zero attached hydrogens (tertiary/aromatic N) is 3. The van der Waals surface area contributed by atoms with Crippen LogP contribution in [0.1, 0.15) is 12.7 Å². The molecule has 5 rings (SSSR count). The lowest BCUT2D eigenvalue weighted by Crippen LogP contribution is -2.29. The SMILES string of the molecule is CC(=O)Nc1ccc(N=C2SC(=C3Sc4ccccc4N3C)C(=O)N2Cc2ccco2)cc1. The first-order valence-corrected chi connectivity index (χ1v) is 11.9. The molecule has 2 aliphatic rings. The molecule has 0 atom stereocenters. The molecule has 1 N–H and O–H groups in total. The number of carbonyl (C=O) groups excluding carboxylic acids is 2. The summed E-state index contributed by atoms with van der Waals surface area (Å²) in [5.74, 6) is 0.442. The van der Waals surface area contributed by atoms with E-state index in [1.807, 2.05) is 43.4 Å². The van der Waals surface area contributed by atoms with Gasteiger partial charge in [-0.25, -0.2) is 4.99 Å². The van der Waals surface area contributed by atoms with Crippen LogP contribution in [0.15, 0.2) is 91.2 Å². The summed E-state index contributed by atoms with van der Waals surface area (Å²) in [6.07, 6.45) is 1.59. The predicted molar refractivity (Wildman–Crippen MR) is 132 cm³/mol. The number of aliphatic imine (C=N–C) groups is 1. The minimum Gasteiger partial charge on any atom is -0.467 e. The van der Waals surface area contributed by atoms with Gasteiger partial charge in [-0.05, 0) is 60.3 Å². The van der Waals surface area contributed by atoms with Crippen LogP contribution < -0.4 is 10.2 Å². The number of amides is 2. The summed E-state index contributed by atoms with van der Waals surface area (Å²) in [6.45, 7) is 1.76. The summed E-state index contributed by atoms with van der Waals surface area (Å²) < 4.78 is 5.50. The molecular formula is C24H20N4O3S2. The fraction of sp³-hybridized carbons (Fsp3) is 0.125. The fourth-order valence-electron chi connectivity index (χ4n) is 3.55. The summed E-state index contributed by atoms with van der Waals surface area (Å²) in [5.41, 5.74) is 2.46. The fourth-order valence-corrected chi connectivity index (χ4v) is 5.89. The van der Waals surface area contributed by atoms with Gasteiger partial charge >= 0.3 is 0 Å². The van der Waals surface area contributed by atoms with Gasteiger partial charge in [0.25, 0.3) is 5.91 Å². The Morgan fingerprint density at radius 2 is 1.85 bits per heavy atom. The van der Waals surface area contributed by atoms with Crippen LogP contribution in [0.5, 0.6) is 0 Å². The molecule has 0 radical (unpaired) electrons. The highest BCUT2D eigenvalue weighted by Crippen LogP contribution is 2.50. The summed E-state index contributed by atoms with van der Waals surface area (Å²) in [6, 6.07) is 18.9. The molecule has 1 saturated heterocycles. The van der Waals surface area contributed by atoms with Crippen molar-refractivity contribution in [1.82, 2.24) is 4.90 Å². The number of anilines is 2. The van der Waals surface area contributed by atoms with Gasteiger partial charge in [0, 0.05) is 24.6 Å². The highest BCUT2D eigenvalue weighted by Gasteiger charge is 2.39. The number of amidine groups is 1. The summed E-state index contributed by atoms with van der Waals surface area (Å²) in [7, 11) is 1.97. The third-order valence-corrected chi connectivity index (χ3v) is 7.53. The van der Waals surface area contributed by atoms with E-state index in [4.69, 9.17) is 9.41 Å². The molecule has 33 heavy (non-hydrogen) atoms. The molecule has 3 aromatic rings. The zero-order valence-electron chi connectivity index (χ0n) is 17.9. The van der Waals surface area contributed by atoms with E-state index in [-0.39, 0.29) is 11.8 Å². The molecule has 3 heterocycles. The van der Waals surface area contributed by atoms with Gasteiger partial charge in [0.15, 0.2) is 5.17 Å². The number of carbonyl (C=O) groups is 2. The second-order valence-electron chi connectivity index (χ2n) is 7.46. The normalized spacial score (nSPS) is 18.8. The van der Waals surface area contributed by atoms with Crippen molar-refractivity contribution in [3.05, 3.63) is 82.6 Å². The minimum atomic E-state index is -0.133. The van der Waals surface area contributed by atoms with E-state index in [0.717, 1.165) is 15.6 Å². The van der Waals surface area contributed by atoms with Gasteiger partial charge in [-0.15, -0.1) is 0 Å². The van der Waals surface area contributed by atoms with Crippen LogP contribution >= 0.6 is 23.5 Å². The van der Waals surface area contributed by atoms with Crippen molar-refractivity contribution >= 4 is 57.6 Å². The maximum atomic E-state index is 13.5. The van der Waals surface area contributed by atoms with Crippen LogP contribution in [0, 0.1) is 0 Å². The van der Waals surface area contributed by atoms with Crippen molar-refractivity contribution in [1.29, 1.82) is 0 Å². The van der Waals surface area contributed by atoms with Gasteiger partial charge in [-0.3, -0.25) is 14.5 Å². The lowest BCUT2D eigenvalue weighted by atomic mass is 10.3. The first-order valence-electron chi connectivity index (χ1n) is 10.2. The average molecular weight is 477 g/mol. The molecule has 166 valence electrons. The zero-order valence-corrected chi connectivity index (χ0v) is 19.6. The standard InChI is InChI=1S/C24H20N4O3S2/c1-15(29)25-16-9-11-17(12-10-16)26-24-28(14-18-6-5-13-31-18)22(30)21(33-24)23-27(2)19-7-3-4-8-20(19)32-23/h3-13H,14H2,1-2H3,(H,25,29). The van der Waals surface area contributed by atoms with E-state index in [0.29, 0.717) is 33.8 Å².